The molecule has 0 bridgehead atoms. The van der Waals surface area contributed by atoms with Gasteiger partial charge < -0.3 is 19.3 Å². The van der Waals surface area contributed by atoms with Crippen LogP contribution in [0.25, 0.3) is 0 Å². The summed E-state index contributed by atoms with van der Waals surface area (Å²) < 4.78 is 25.0. The van der Waals surface area contributed by atoms with Crippen LogP contribution in [0.1, 0.15) is 37.7 Å². The summed E-state index contributed by atoms with van der Waals surface area (Å²) >= 11 is 0. The van der Waals surface area contributed by atoms with E-state index in [2.05, 4.69) is 36.2 Å². The molecular weight excluding hydrogens is 419 g/mol. The third-order valence-electron chi connectivity index (χ3n) is 7.33. The summed E-state index contributed by atoms with van der Waals surface area (Å²) in [5, 5.41) is 0. The van der Waals surface area contributed by atoms with Crippen molar-refractivity contribution in [1.82, 2.24) is 9.80 Å². The van der Waals surface area contributed by atoms with Gasteiger partial charge in [0.05, 0.1) is 5.60 Å². The Labute approximate surface area is 196 Å². The van der Waals surface area contributed by atoms with Crippen molar-refractivity contribution in [2.24, 2.45) is 0 Å². The van der Waals surface area contributed by atoms with Gasteiger partial charge >= 0.3 is 0 Å². The second-order valence-electron chi connectivity index (χ2n) is 9.48. The molecule has 1 heterocycles. The molecule has 4 rings (SSSR count). The van der Waals surface area contributed by atoms with Crippen molar-refractivity contribution in [2.45, 2.75) is 56.2 Å². The van der Waals surface area contributed by atoms with E-state index in [9.17, 15) is 9.18 Å². The van der Waals surface area contributed by atoms with Gasteiger partial charge in [-0.05, 0) is 75.4 Å². The van der Waals surface area contributed by atoms with Crippen LogP contribution >= 0.6 is 0 Å². The van der Waals surface area contributed by atoms with Gasteiger partial charge in [0.1, 0.15) is 11.6 Å². The second-order valence-corrected chi connectivity index (χ2v) is 9.48. The average Bonchev–Trinajstić information content (AvgIpc) is 3.29. The van der Waals surface area contributed by atoms with E-state index in [0.717, 1.165) is 51.7 Å². The maximum absolute atomic E-state index is 13.1. The number of rotatable bonds is 8. The first-order chi connectivity index (χ1) is 16.0. The lowest BCUT2D eigenvalue weighted by Crippen LogP contribution is -2.58. The van der Waals surface area contributed by atoms with Crippen molar-refractivity contribution >= 4 is 5.91 Å². The minimum absolute atomic E-state index is 0.0450. The van der Waals surface area contributed by atoms with E-state index in [4.69, 9.17) is 9.47 Å². The minimum Gasteiger partial charge on any atom is -0.484 e. The Morgan fingerprint density at radius 3 is 2.55 bits per heavy atom. The normalized spacial score (nSPS) is 24.8. The quantitative estimate of drug-likeness (QED) is 0.596. The number of carbonyl (C=O) groups excluding carboxylic acids is 1. The fourth-order valence-corrected chi connectivity index (χ4v) is 5.32. The van der Waals surface area contributed by atoms with Gasteiger partial charge in [-0.3, -0.25) is 4.79 Å². The van der Waals surface area contributed by atoms with Gasteiger partial charge in [0.25, 0.3) is 5.91 Å². The molecular formula is C27H35FN2O3. The molecule has 2 aromatic carbocycles. The Balaban J connectivity index is 1.41. The first-order valence-electron chi connectivity index (χ1n) is 12.0. The minimum atomic E-state index is -0.322. The highest BCUT2D eigenvalue weighted by Crippen LogP contribution is 2.42. The van der Waals surface area contributed by atoms with Gasteiger partial charge in [-0.15, -0.1) is 0 Å². The molecule has 0 aromatic heterocycles. The molecule has 33 heavy (non-hydrogen) atoms. The summed E-state index contributed by atoms with van der Waals surface area (Å²) in [4.78, 5) is 17.3. The van der Waals surface area contributed by atoms with Crippen LogP contribution in [0.5, 0.6) is 5.75 Å². The van der Waals surface area contributed by atoms with Crippen LogP contribution in [0.3, 0.4) is 0 Å². The number of hydrogen-bond donors (Lipinski definition) is 0. The molecule has 3 atom stereocenters. The third kappa shape index (κ3) is 5.92. The summed E-state index contributed by atoms with van der Waals surface area (Å²) in [6, 6.07) is 16.6. The van der Waals surface area contributed by atoms with Gasteiger partial charge in [0.2, 0.25) is 0 Å². The Morgan fingerprint density at radius 2 is 1.85 bits per heavy atom. The average molecular weight is 455 g/mol. The molecule has 0 N–H and O–H groups in total. The van der Waals surface area contributed by atoms with E-state index >= 15 is 0 Å². The SMILES string of the molecule is CN(CCc1ccccc1)[C@@H]1C[C@@]2(CCCO2)CC[C@H]1N(C)C(=O)COc1ccc(F)cc1. The van der Waals surface area contributed by atoms with Gasteiger partial charge in [0, 0.05) is 32.3 Å². The Bertz CT molecular complexity index is 899. The fourth-order valence-electron chi connectivity index (χ4n) is 5.32. The fraction of sp³-hybridized carbons (Fsp3) is 0.519. The molecule has 1 aliphatic heterocycles. The van der Waals surface area contributed by atoms with Crippen molar-refractivity contribution in [3.63, 3.8) is 0 Å². The standard InChI is InChI=1S/C27H35FN2O3/c1-29(17-14-21-7-4-3-5-8-21)25-19-27(15-6-18-33-27)16-13-24(25)30(2)26(31)20-32-23-11-9-22(28)10-12-23/h3-5,7-12,24-25H,6,13-20H2,1-2H3/t24-,25-,27-/m1/s1. The molecule has 2 fully saturated rings. The maximum atomic E-state index is 13.1. The highest BCUT2D eigenvalue weighted by molar-refractivity contribution is 5.78. The van der Waals surface area contributed by atoms with E-state index in [0.29, 0.717) is 5.75 Å². The van der Waals surface area contributed by atoms with Crippen LogP contribution in [-0.2, 0) is 16.0 Å². The zero-order chi connectivity index (χ0) is 23.3. The molecule has 2 aromatic rings. The van der Waals surface area contributed by atoms with Crippen molar-refractivity contribution in [1.29, 1.82) is 0 Å². The molecule has 1 saturated carbocycles. The lowest BCUT2D eigenvalue weighted by molar-refractivity contribution is -0.139. The third-order valence-corrected chi connectivity index (χ3v) is 7.33. The number of nitrogens with zero attached hydrogens (tertiary/aromatic N) is 2. The number of ether oxygens (including phenoxy) is 2. The maximum Gasteiger partial charge on any atom is 0.260 e. The van der Waals surface area contributed by atoms with Gasteiger partial charge in [0.15, 0.2) is 6.61 Å². The molecule has 5 nitrogen and oxygen atoms in total. The van der Waals surface area contributed by atoms with E-state index in [-0.39, 0.29) is 36.0 Å². The summed E-state index contributed by atoms with van der Waals surface area (Å²) in [6.45, 7) is 1.71. The number of carbonyl (C=O) groups is 1. The van der Waals surface area contributed by atoms with Crippen molar-refractivity contribution in [3.05, 3.63) is 66.0 Å². The zero-order valence-corrected chi connectivity index (χ0v) is 19.7. The number of benzene rings is 2. The first-order valence-corrected chi connectivity index (χ1v) is 12.0. The smallest absolute Gasteiger partial charge is 0.260 e. The molecule has 0 radical (unpaired) electrons. The lowest BCUT2D eigenvalue weighted by atomic mass is 9.76. The van der Waals surface area contributed by atoms with Gasteiger partial charge in [-0.1, -0.05) is 30.3 Å². The van der Waals surface area contributed by atoms with Gasteiger partial charge in [-0.2, -0.15) is 0 Å². The number of halogens is 1. The zero-order valence-electron chi connectivity index (χ0n) is 19.7. The Morgan fingerprint density at radius 1 is 1.09 bits per heavy atom. The van der Waals surface area contributed by atoms with Crippen LogP contribution in [0, 0.1) is 5.82 Å². The summed E-state index contributed by atoms with van der Waals surface area (Å²) in [6.07, 6.45) is 6.04. The van der Waals surface area contributed by atoms with Gasteiger partial charge in [-0.25, -0.2) is 4.39 Å². The summed E-state index contributed by atoms with van der Waals surface area (Å²) in [5.74, 6) is 0.114. The Kier molecular flexibility index (Phi) is 7.66. The second kappa shape index (κ2) is 10.7. The van der Waals surface area contributed by atoms with E-state index in [1.54, 1.807) is 12.1 Å². The first kappa shape index (κ1) is 23.7. The molecule has 1 saturated heterocycles. The highest BCUT2D eigenvalue weighted by Gasteiger charge is 2.46. The monoisotopic (exact) mass is 454 g/mol. The molecule has 1 aliphatic carbocycles. The summed E-state index contributed by atoms with van der Waals surface area (Å²) in [7, 11) is 4.05. The van der Waals surface area contributed by atoms with Crippen LogP contribution < -0.4 is 4.74 Å². The largest absolute Gasteiger partial charge is 0.484 e. The van der Waals surface area contributed by atoms with Crippen LogP contribution in [0.4, 0.5) is 4.39 Å². The van der Waals surface area contributed by atoms with E-state index in [1.807, 2.05) is 18.0 Å². The summed E-state index contributed by atoms with van der Waals surface area (Å²) in [5.41, 5.74) is 1.28. The van der Waals surface area contributed by atoms with Crippen molar-refractivity contribution < 1.29 is 18.7 Å². The number of hydrogen-bond acceptors (Lipinski definition) is 4. The molecule has 0 unspecified atom stereocenters. The van der Waals surface area contributed by atoms with E-state index in [1.165, 1.54) is 17.7 Å². The Hall–Kier alpha value is -2.44. The van der Waals surface area contributed by atoms with Crippen LogP contribution in [0.15, 0.2) is 54.6 Å². The number of likely N-dealkylation sites (N-methyl/N-ethyl adjacent to an activating group) is 2. The van der Waals surface area contributed by atoms with Crippen molar-refractivity contribution in [3.8, 4) is 5.75 Å². The molecule has 1 spiro atoms. The number of amides is 1. The van der Waals surface area contributed by atoms with Crippen LogP contribution in [0.2, 0.25) is 0 Å². The molecule has 6 heteroatoms. The van der Waals surface area contributed by atoms with E-state index < -0.39 is 0 Å². The van der Waals surface area contributed by atoms with Crippen LogP contribution in [-0.4, -0.2) is 67.2 Å². The molecule has 2 aliphatic rings. The van der Waals surface area contributed by atoms with Crippen molar-refractivity contribution in [2.75, 3.05) is 33.9 Å². The lowest BCUT2D eigenvalue weighted by Gasteiger charge is -2.48. The predicted molar refractivity (Wildman–Crippen MR) is 127 cm³/mol. The molecule has 178 valence electrons. The molecule has 1 amide bonds. The topological polar surface area (TPSA) is 42.0 Å². The highest BCUT2D eigenvalue weighted by atomic mass is 19.1. The predicted octanol–water partition coefficient (Wildman–Crippen LogP) is 4.31.